The van der Waals surface area contributed by atoms with E-state index in [1.54, 1.807) is 24.3 Å². The van der Waals surface area contributed by atoms with Crippen LogP contribution in [0.3, 0.4) is 0 Å². The highest BCUT2D eigenvalue weighted by Gasteiger charge is 2.21. The Morgan fingerprint density at radius 2 is 1.63 bits per heavy atom. The van der Waals surface area contributed by atoms with E-state index in [0.29, 0.717) is 11.4 Å². The van der Waals surface area contributed by atoms with Crippen LogP contribution in [0.4, 0.5) is 11.4 Å². The lowest BCUT2D eigenvalue weighted by atomic mass is 10.2. The minimum Gasteiger partial charge on any atom is -0.497 e. The molecule has 0 aliphatic heterocycles. The molecule has 0 saturated heterocycles. The topological polar surface area (TPSA) is 127 Å². The third kappa shape index (κ3) is 4.78. The summed E-state index contributed by atoms with van der Waals surface area (Å²) >= 11 is 0. The van der Waals surface area contributed by atoms with Gasteiger partial charge in [-0.25, -0.2) is 8.42 Å². The van der Waals surface area contributed by atoms with Crippen molar-refractivity contribution in [2.24, 2.45) is 0 Å². The molecule has 1 heterocycles. The predicted molar refractivity (Wildman–Crippen MR) is 112 cm³/mol. The van der Waals surface area contributed by atoms with E-state index >= 15 is 0 Å². The van der Waals surface area contributed by atoms with Crippen molar-refractivity contribution in [3.63, 3.8) is 0 Å². The summed E-state index contributed by atoms with van der Waals surface area (Å²) in [5.74, 6) is 0.184. The Bertz CT molecular complexity index is 1200. The van der Waals surface area contributed by atoms with Gasteiger partial charge in [-0.15, -0.1) is 0 Å². The molecule has 0 spiro atoms. The maximum absolute atomic E-state index is 12.9. The smallest absolute Gasteiger partial charge is 0.265 e. The number of sulfonamides is 1. The van der Waals surface area contributed by atoms with E-state index in [4.69, 9.17) is 9.47 Å². The SMILES string of the molecule is COc1ccc(NS(=O)(=O)c2cc(NC(=O)c3ccc(=O)[nH]c3)ccc2OC)cc1. The molecule has 156 valence electrons. The fraction of sp³-hybridized carbons (Fsp3) is 0.100. The van der Waals surface area contributed by atoms with Crippen molar-refractivity contribution in [1.82, 2.24) is 4.98 Å². The molecule has 10 heteroatoms. The average Bonchev–Trinajstić information content (AvgIpc) is 2.74. The van der Waals surface area contributed by atoms with Crippen LogP contribution < -0.4 is 25.1 Å². The number of carbonyl (C=O) groups is 1. The molecule has 3 N–H and O–H groups in total. The van der Waals surface area contributed by atoms with Crippen molar-refractivity contribution < 1.29 is 22.7 Å². The van der Waals surface area contributed by atoms with Crippen molar-refractivity contribution in [2.75, 3.05) is 24.3 Å². The lowest BCUT2D eigenvalue weighted by Gasteiger charge is -2.14. The number of methoxy groups -OCH3 is 2. The Hall–Kier alpha value is -3.79. The van der Waals surface area contributed by atoms with Crippen molar-refractivity contribution in [3.05, 3.63) is 76.7 Å². The average molecular weight is 429 g/mol. The monoisotopic (exact) mass is 429 g/mol. The second-order valence-electron chi connectivity index (χ2n) is 6.10. The van der Waals surface area contributed by atoms with Gasteiger partial charge in [0.25, 0.3) is 15.9 Å². The second kappa shape index (κ2) is 8.70. The summed E-state index contributed by atoms with van der Waals surface area (Å²) in [6, 6.07) is 13.2. The molecule has 0 bridgehead atoms. The Morgan fingerprint density at radius 1 is 0.933 bits per heavy atom. The van der Waals surface area contributed by atoms with Gasteiger partial charge in [0.2, 0.25) is 5.56 Å². The van der Waals surface area contributed by atoms with Crippen LogP contribution in [0.1, 0.15) is 10.4 Å². The summed E-state index contributed by atoms with van der Waals surface area (Å²) in [5, 5.41) is 2.60. The molecule has 0 atom stereocenters. The molecule has 30 heavy (non-hydrogen) atoms. The number of anilines is 2. The Morgan fingerprint density at radius 3 is 2.23 bits per heavy atom. The van der Waals surface area contributed by atoms with Crippen LogP contribution in [0.2, 0.25) is 0 Å². The molecule has 1 amide bonds. The van der Waals surface area contributed by atoms with E-state index in [0.717, 1.165) is 0 Å². The molecule has 1 aromatic heterocycles. The third-order valence-corrected chi connectivity index (χ3v) is 5.50. The fourth-order valence-corrected chi connectivity index (χ4v) is 3.84. The van der Waals surface area contributed by atoms with E-state index in [1.165, 1.54) is 50.7 Å². The van der Waals surface area contributed by atoms with Crippen molar-refractivity contribution in [1.29, 1.82) is 0 Å². The van der Waals surface area contributed by atoms with Crippen LogP contribution in [0.15, 0.2) is 70.5 Å². The first-order chi connectivity index (χ1) is 14.3. The number of aromatic nitrogens is 1. The van der Waals surface area contributed by atoms with E-state index in [2.05, 4.69) is 15.0 Å². The molecule has 3 aromatic rings. The van der Waals surface area contributed by atoms with Crippen molar-refractivity contribution in [3.8, 4) is 11.5 Å². The minimum atomic E-state index is -4.02. The van der Waals surface area contributed by atoms with Crippen LogP contribution in [0.25, 0.3) is 0 Å². The molecule has 3 rings (SSSR count). The lowest BCUT2D eigenvalue weighted by Crippen LogP contribution is -2.17. The number of pyridine rings is 1. The normalized spacial score (nSPS) is 10.9. The number of aromatic amines is 1. The first kappa shape index (κ1) is 20.9. The molecular weight excluding hydrogens is 410 g/mol. The van der Waals surface area contributed by atoms with Crippen molar-refractivity contribution >= 4 is 27.3 Å². The lowest BCUT2D eigenvalue weighted by molar-refractivity contribution is 0.102. The zero-order valence-electron chi connectivity index (χ0n) is 16.1. The van der Waals surface area contributed by atoms with Gasteiger partial charge < -0.3 is 19.8 Å². The third-order valence-electron chi connectivity index (χ3n) is 4.10. The van der Waals surface area contributed by atoms with Crippen LogP contribution in [-0.4, -0.2) is 33.5 Å². The summed E-state index contributed by atoms with van der Waals surface area (Å²) in [4.78, 5) is 25.7. The molecule has 2 aromatic carbocycles. The summed E-state index contributed by atoms with van der Waals surface area (Å²) < 4.78 is 38.5. The van der Waals surface area contributed by atoms with Gasteiger partial charge >= 0.3 is 0 Å². The zero-order chi connectivity index (χ0) is 21.7. The van der Waals surface area contributed by atoms with E-state index in [9.17, 15) is 18.0 Å². The molecule has 0 aliphatic carbocycles. The van der Waals surface area contributed by atoms with Crippen LogP contribution >= 0.6 is 0 Å². The Labute approximate surface area is 172 Å². The highest BCUT2D eigenvalue weighted by atomic mass is 32.2. The number of ether oxygens (including phenoxy) is 2. The molecule has 0 unspecified atom stereocenters. The first-order valence-corrected chi connectivity index (χ1v) is 10.2. The maximum Gasteiger partial charge on any atom is 0.265 e. The summed E-state index contributed by atoms with van der Waals surface area (Å²) in [5.41, 5.74) is 0.447. The molecule has 0 fully saturated rings. The maximum atomic E-state index is 12.9. The summed E-state index contributed by atoms with van der Waals surface area (Å²) in [6.07, 6.45) is 1.27. The fourth-order valence-electron chi connectivity index (χ4n) is 2.59. The minimum absolute atomic E-state index is 0.109. The zero-order valence-corrected chi connectivity index (χ0v) is 16.9. The van der Waals surface area contributed by atoms with Crippen LogP contribution in [-0.2, 0) is 10.0 Å². The number of H-pyrrole nitrogens is 1. The Kier molecular flexibility index (Phi) is 6.07. The number of carbonyl (C=O) groups excluding carboxylic acids is 1. The number of nitrogens with one attached hydrogen (secondary N) is 3. The number of benzene rings is 2. The highest BCUT2D eigenvalue weighted by Crippen LogP contribution is 2.29. The van der Waals surface area contributed by atoms with Gasteiger partial charge in [-0.1, -0.05) is 0 Å². The molecule has 0 saturated carbocycles. The van der Waals surface area contributed by atoms with E-state index in [1.807, 2.05) is 0 Å². The number of hydrogen-bond donors (Lipinski definition) is 3. The van der Waals surface area contributed by atoms with Gasteiger partial charge in [-0.2, -0.15) is 0 Å². The summed E-state index contributed by atoms with van der Waals surface area (Å²) in [6.45, 7) is 0. The van der Waals surface area contributed by atoms with Gasteiger partial charge in [0.05, 0.1) is 19.8 Å². The molecule has 0 radical (unpaired) electrons. The van der Waals surface area contributed by atoms with Gasteiger partial charge in [0.1, 0.15) is 16.4 Å². The highest BCUT2D eigenvalue weighted by molar-refractivity contribution is 7.92. The quantitative estimate of drug-likeness (QED) is 0.530. The van der Waals surface area contributed by atoms with Gasteiger partial charge in [-0.05, 0) is 48.5 Å². The molecular formula is C20H19N3O6S. The largest absolute Gasteiger partial charge is 0.497 e. The van der Waals surface area contributed by atoms with Gasteiger partial charge in [-0.3, -0.25) is 14.3 Å². The number of amides is 1. The predicted octanol–water partition coefficient (Wildman–Crippen LogP) is 2.45. The Balaban J connectivity index is 1.88. The van der Waals surface area contributed by atoms with Gasteiger partial charge in [0, 0.05) is 23.6 Å². The van der Waals surface area contributed by atoms with E-state index in [-0.39, 0.29) is 27.5 Å². The second-order valence-corrected chi connectivity index (χ2v) is 7.75. The van der Waals surface area contributed by atoms with Gasteiger partial charge in [0.15, 0.2) is 0 Å². The number of rotatable bonds is 7. The van der Waals surface area contributed by atoms with Crippen LogP contribution in [0.5, 0.6) is 11.5 Å². The molecule has 0 aliphatic rings. The number of hydrogen-bond acceptors (Lipinski definition) is 6. The molecule has 9 nitrogen and oxygen atoms in total. The first-order valence-electron chi connectivity index (χ1n) is 8.67. The summed E-state index contributed by atoms with van der Waals surface area (Å²) in [7, 11) is -1.16. The standard InChI is InChI=1S/C20H19N3O6S/c1-28-16-7-4-14(5-8-16)23-30(26,27)18-11-15(6-9-17(18)29-2)22-20(25)13-3-10-19(24)21-12-13/h3-12,23H,1-2H3,(H,21,24)(H,22,25). The van der Waals surface area contributed by atoms with Crippen LogP contribution in [0, 0.1) is 0 Å². The van der Waals surface area contributed by atoms with Crippen molar-refractivity contribution in [2.45, 2.75) is 4.90 Å². The van der Waals surface area contributed by atoms with E-state index < -0.39 is 15.9 Å².